The summed E-state index contributed by atoms with van der Waals surface area (Å²) >= 11 is 3.42. The van der Waals surface area contributed by atoms with Crippen molar-refractivity contribution in [1.82, 2.24) is 9.88 Å². The summed E-state index contributed by atoms with van der Waals surface area (Å²) < 4.78 is 6.83. The molecule has 1 saturated heterocycles. The van der Waals surface area contributed by atoms with Gasteiger partial charge in [-0.05, 0) is 35.2 Å². The standard InChI is InChI=1S/C20H17BrN2O3/c21-15-7-5-13(6-8-15)18-12-23(9-10-26-18)20(25)17-11-14-3-1-2-4-16(14)19(24)22-17/h1-8,11,18H,9-10,12H2,(H,22,24)/t18-/m0/s1. The summed E-state index contributed by atoms with van der Waals surface area (Å²) in [4.78, 5) is 29.6. The second-order valence-electron chi connectivity index (χ2n) is 6.26. The number of rotatable bonds is 2. The van der Waals surface area contributed by atoms with Gasteiger partial charge < -0.3 is 14.6 Å². The Morgan fingerprint density at radius 1 is 1.15 bits per heavy atom. The molecule has 1 amide bonds. The van der Waals surface area contributed by atoms with Crippen LogP contribution in [0.3, 0.4) is 0 Å². The Labute approximate surface area is 158 Å². The fourth-order valence-electron chi connectivity index (χ4n) is 3.21. The zero-order valence-electron chi connectivity index (χ0n) is 13.9. The van der Waals surface area contributed by atoms with Crippen molar-refractivity contribution in [3.63, 3.8) is 0 Å². The number of nitrogens with one attached hydrogen (secondary N) is 1. The number of benzene rings is 2. The van der Waals surface area contributed by atoms with Crippen LogP contribution in [0.2, 0.25) is 0 Å². The minimum absolute atomic E-state index is 0.173. The van der Waals surface area contributed by atoms with E-state index in [-0.39, 0.29) is 17.6 Å². The van der Waals surface area contributed by atoms with Crippen LogP contribution in [0.4, 0.5) is 0 Å². The van der Waals surface area contributed by atoms with Crippen LogP contribution < -0.4 is 5.56 Å². The Bertz CT molecular complexity index is 1010. The molecule has 1 atom stereocenters. The number of aromatic nitrogens is 1. The first-order valence-corrected chi connectivity index (χ1v) is 9.19. The summed E-state index contributed by atoms with van der Waals surface area (Å²) in [6.07, 6.45) is -0.173. The number of hydrogen-bond acceptors (Lipinski definition) is 3. The van der Waals surface area contributed by atoms with Crippen molar-refractivity contribution >= 4 is 32.6 Å². The van der Waals surface area contributed by atoms with Gasteiger partial charge in [0.25, 0.3) is 11.5 Å². The molecule has 1 aliphatic rings. The molecule has 0 unspecified atom stereocenters. The van der Waals surface area contributed by atoms with Crippen LogP contribution >= 0.6 is 15.9 Å². The maximum atomic E-state index is 12.9. The Hall–Kier alpha value is -2.44. The molecule has 132 valence electrons. The van der Waals surface area contributed by atoms with Gasteiger partial charge in [0.05, 0.1) is 13.2 Å². The van der Waals surface area contributed by atoms with Crippen molar-refractivity contribution in [2.75, 3.05) is 19.7 Å². The van der Waals surface area contributed by atoms with Gasteiger partial charge in [0, 0.05) is 16.4 Å². The Kier molecular flexibility index (Phi) is 4.61. The SMILES string of the molecule is O=C(c1cc2ccccc2c(=O)[nH]1)N1CCO[C@H](c2ccc(Br)cc2)C1. The van der Waals surface area contributed by atoms with Crippen molar-refractivity contribution in [2.45, 2.75) is 6.10 Å². The predicted octanol–water partition coefficient (Wildman–Crippen LogP) is 3.50. The largest absolute Gasteiger partial charge is 0.370 e. The summed E-state index contributed by atoms with van der Waals surface area (Å²) in [7, 11) is 0. The fraction of sp³-hybridized carbons (Fsp3) is 0.200. The van der Waals surface area contributed by atoms with Crippen LogP contribution in [0.1, 0.15) is 22.2 Å². The van der Waals surface area contributed by atoms with Gasteiger partial charge in [0.1, 0.15) is 11.8 Å². The first-order valence-electron chi connectivity index (χ1n) is 8.40. The molecule has 1 fully saturated rings. The van der Waals surface area contributed by atoms with Crippen molar-refractivity contribution in [2.24, 2.45) is 0 Å². The van der Waals surface area contributed by atoms with Crippen molar-refractivity contribution in [3.05, 3.63) is 80.7 Å². The molecular weight excluding hydrogens is 396 g/mol. The number of carbonyl (C=O) groups is 1. The number of hydrogen-bond donors (Lipinski definition) is 1. The lowest BCUT2D eigenvalue weighted by atomic mass is 10.1. The highest BCUT2D eigenvalue weighted by Crippen LogP contribution is 2.24. The van der Waals surface area contributed by atoms with E-state index in [1.165, 1.54) is 0 Å². The molecule has 0 saturated carbocycles. The molecule has 0 spiro atoms. The molecule has 1 aliphatic heterocycles. The lowest BCUT2D eigenvalue weighted by Gasteiger charge is -2.33. The van der Waals surface area contributed by atoms with Crippen LogP contribution in [0, 0.1) is 0 Å². The Morgan fingerprint density at radius 2 is 1.92 bits per heavy atom. The van der Waals surface area contributed by atoms with Gasteiger partial charge in [-0.2, -0.15) is 0 Å². The van der Waals surface area contributed by atoms with Crippen molar-refractivity contribution in [3.8, 4) is 0 Å². The summed E-state index contributed by atoms with van der Waals surface area (Å²) in [5, 5.41) is 1.34. The monoisotopic (exact) mass is 412 g/mol. The average Bonchev–Trinajstić information content (AvgIpc) is 2.68. The third kappa shape index (κ3) is 3.30. The van der Waals surface area contributed by atoms with Gasteiger partial charge in [-0.25, -0.2) is 0 Å². The molecule has 0 radical (unpaired) electrons. The lowest BCUT2D eigenvalue weighted by Crippen LogP contribution is -2.42. The van der Waals surface area contributed by atoms with Gasteiger partial charge in [-0.1, -0.05) is 46.3 Å². The van der Waals surface area contributed by atoms with Crippen molar-refractivity contribution in [1.29, 1.82) is 0 Å². The van der Waals surface area contributed by atoms with E-state index >= 15 is 0 Å². The second kappa shape index (κ2) is 7.05. The molecule has 6 heteroatoms. The van der Waals surface area contributed by atoms with Crippen molar-refractivity contribution < 1.29 is 9.53 Å². The number of aromatic amines is 1. The number of morpholine rings is 1. The zero-order valence-corrected chi connectivity index (χ0v) is 15.5. The van der Waals surface area contributed by atoms with Crippen LogP contribution in [-0.4, -0.2) is 35.5 Å². The molecule has 1 N–H and O–H groups in total. The number of ether oxygens (including phenoxy) is 1. The van der Waals surface area contributed by atoms with E-state index in [2.05, 4.69) is 20.9 Å². The Morgan fingerprint density at radius 3 is 2.73 bits per heavy atom. The molecule has 3 aromatic rings. The van der Waals surface area contributed by atoms with Crippen LogP contribution in [0.15, 0.2) is 63.9 Å². The van der Waals surface area contributed by atoms with E-state index in [9.17, 15) is 9.59 Å². The molecule has 5 nitrogen and oxygen atoms in total. The molecule has 4 rings (SSSR count). The summed E-state index contributed by atoms with van der Waals surface area (Å²) in [6, 6.07) is 16.9. The first kappa shape index (κ1) is 17.0. The summed E-state index contributed by atoms with van der Waals surface area (Å²) in [5.41, 5.74) is 1.09. The van der Waals surface area contributed by atoms with E-state index in [0.717, 1.165) is 15.4 Å². The number of H-pyrrole nitrogens is 1. The molecule has 2 aromatic carbocycles. The third-order valence-electron chi connectivity index (χ3n) is 4.58. The maximum Gasteiger partial charge on any atom is 0.270 e. The van der Waals surface area contributed by atoms with E-state index in [1.807, 2.05) is 42.5 Å². The second-order valence-corrected chi connectivity index (χ2v) is 7.18. The van der Waals surface area contributed by atoms with Gasteiger partial charge in [-0.3, -0.25) is 9.59 Å². The molecule has 0 aliphatic carbocycles. The number of amides is 1. The lowest BCUT2D eigenvalue weighted by molar-refractivity contribution is -0.0230. The molecule has 2 heterocycles. The average molecular weight is 413 g/mol. The first-order chi connectivity index (χ1) is 12.6. The predicted molar refractivity (Wildman–Crippen MR) is 103 cm³/mol. The number of fused-ring (bicyclic) bond motifs is 1. The zero-order chi connectivity index (χ0) is 18.1. The van der Waals surface area contributed by atoms with Crippen LogP contribution in [0.5, 0.6) is 0 Å². The van der Waals surface area contributed by atoms with E-state index in [1.54, 1.807) is 17.0 Å². The fourth-order valence-corrected chi connectivity index (χ4v) is 3.47. The minimum atomic E-state index is -0.246. The van der Waals surface area contributed by atoms with Gasteiger partial charge in [0.15, 0.2) is 0 Å². The molecule has 26 heavy (non-hydrogen) atoms. The topological polar surface area (TPSA) is 62.4 Å². The molecular formula is C20H17BrN2O3. The molecule has 0 bridgehead atoms. The third-order valence-corrected chi connectivity index (χ3v) is 5.11. The number of carbonyl (C=O) groups excluding carboxylic acids is 1. The number of nitrogens with zero attached hydrogens (tertiary/aromatic N) is 1. The van der Waals surface area contributed by atoms with Crippen LogP contribution in [-0.2, 0) is 4.74 Å². The smallest absolute Gasteiger partial charge is 0.270 e. The Balaban J connectivity index is 1.59. The number of pyridine rings is 1. The van der Waals surface area contributed by atoms with E-state index in [0.29, 0.717) is 30.8 Å². The summed E-state index contributed by atoms with van der Waals surface area (Å²) in [6.45, 7) is 1.42. The van der Waals surface area contributed by atoms with Crippen LogP contribution in [0.25, 0.3) is 10.8 Å². The maximum absolute atomic E-state index is 12.9. The highest BCUT2D eigenvalue weighted by atomic mass is 79.9. The minimum Gasteiger partial charge on any atom is -0.370 e. The highest BCUT2D eigenvalue weighted by molar-refractivity contribution is 9.10. The van der Waals surface area contributed by atoms with Gasteiger partial charge in [-0.15, -0.1) is 0 Å². The number of halogens is 1. The normalized spacial score (nSPS) is 17.4. The van der Waals surface area contributed by atoms with E-state index in [4.69, 9.17) is 4.74 Å². The summed E-state index contributed by atoms with van der Waals surface area (Å²) in [5.74, 6) is -0.182. The van der Waals surface area contributed by atoms with Gasteiger partial charge in [0.2, 0.25) is 0 Å². The quantitative estimate of drug-likeness (QED) is 0.700. The highest BCUT2D eigenvalue weighted by Gasteiger charge is 2.26. The van der Waals surface area contributed by atoms with Gasteiger partial charge >= 0.3 is 0 Å². The molecule has 1 aromatic heterocycles. The van der Waals surface area contributed by atoms with E-state index < -0.39 is 0 Å².